The van der Waals surface area contributed by atoms with E-state index in [0.29, 0.717) is 23.5 Å². The van der Waals surface area contributed by atoms with Crippen molar-refractivity contribution in [3.63, 3.8) is 0 Å². The Balaban J connectivity index is 1.52. The van der Waals surface area contributed by atoms with Gasteiger partial charge in [0, 0.05) is 17.7 Å². The summed E-state index contributed by atoms with van der Waals surface area (Å²) in [6.45, 7) is 0.343. The number of nitro groups is 1. The molecule has 3 aromatic carbocycles. The molecule has 0 aliphatic carbocycles. The zero-order chi connectivity index (χ0) is 22.5. The summed E-state index contributed by atoms with van der Waals surface area (Å²) in [6, 6.07) is 22.9. The van der Waals surface area contributed by atoms with Crippen molar-refractivity contribution in [1.29, 1.82) is 0 Å². The number of rotatable bonds is 7. The van der Waals surface area contributed by atoms with Gasteiger partial charge in [0.2, 0.25) is 0 Å². The first-order valence-corrected chi connectivity index (χ1v) is 10.6. The van der Waals surface area contributed by atoms with E-state index in [2.05, 4.69) is 0 Å². The number of hydrogen-bond acceptors (Lipinski definition) is 6. The van der Waals surface area contributed by atoms with E-state index >= 15 is 0 Å². The molecule has 0 spiro atoms. The first-order valence-electron chi connectivity index (χ1n) is 9.76. The molecule has 0 aromatic heterocycles. The lowest BCUT2D eigenvalue weighted by molar-refractivity contribution is -0.384. The molecule has 2 amide bonds. The minimum absolute atomic E-state index is 0.0319. The van der Waals surface area contributed by atoms with E-state index in [4.69, 9.17) is 4.74 Å². The quantitative estimate of drug-likeness (QED) is 0.274. The molecule has 1 saturated heterocycles. The molecule has 32 heavy (non-hydrogen) atoms. The normalized spacial score (nSPS) is 14.8. The molecule has 1 aliphatic rings. The van der Waals surface area contributed by atoms with Crippen molar-refractivity contribution in [2.45, 2.75) is 13.2 Å². The van der Waals surface area contributed by atoms with Crippen LogP contribution in [-0.4, -0.2) is 21.0 Å². The van der Waals surface area contributed by atoms with Crippen LogP contribution in [0.4, 0.5) is 10.5 Å². The minimum Gasteiger partial charge on any atom is -0.488 e. The lowest BCUT2D eigenvalue weighted by atomic mass is 10.1. The predicted octanol–water partition coefficient (Wildman–Crippen LogP) is 5.41. The van der Waals surface area contributed by atoms with E-state index in [0.717, 1.165) is 22.2 Å². The second-order valence-electron chi connectivity index (χ2n) is 7.01. The molecule has 0 bridgehead atoms. The molecule has 1 fully saturated rings. The van der Waals surface area contributed by atoms with Crippen molar-refractivity contribution >= 4 is 34.7 Å². The SMILES string of the molecule is O=C1S/C(=C/c2ccccc2OCc2ccccc2)C(=O)N1Cc1cccc([N+](=O)[O-])c1. The largest absolute Gasteiger partial charge is 0.488 e. The Labute approximate surface area is 188 Å². The molecule has 8 heteroatoms. The van der Waals surface area contributed by atoms with Gasteiger partial charge >= 0.3 is 0 Å². The Hall–Kier alpha value is -3.91. The third-order valence-corrected chi connectivity index (χ3v) is 5.69. The van der Waals surface area contributed by atoms with Gasteiger partial charge in [0.15, 0.2) is 0 Å². The van der Waals surface area contributed by atoms with Gasteiger partial charge in [-0.3, -0.25) is 24.6 Å². The van der Waals surface area contributed by atoms with Gasteiger partial charge in [-0.2, -0.15) is 0 Å². The maximum Gasteiger partial charge on any atom is 0.293 e. The van der Waals surface area contributed by atoms with Crippen molar-refractivity contribution in [3.05, 3.63) is 111 Å². The molecule has 0 unspecified atom stereocenters. The molecular formula is C24H18N2O5S. The number of carbonyl (C=O) groups is 2. The summed E-state index contributed by atoms with van der Waals surface area (Å²) in [4.78, 5) is 37.2. The lowest BCUT2D eigenvalue weighted by Gasteiger charge is -2.12. The number of para-hydroxylation sites is 1. The molecule has 0 atom stereocenters. The number of ether oxygens (including phenoxy) is 1. The molecule has 0 N–H and O–H groups in total. The average molecular weight is 446 g/mol. The average Bonchev–Trinajstić information content (AvgIpc) is 3.06. The predicted molar refractivity (Wildman–Crippen MR) is 122 cm³/mol. The number of carbonyl (C=O) groups excluding carboxylic acids is 2. The molecule has 7 nitrogen and oxygen atoms in total. The van der Waals surface area contributed by atoms with Crippen LogP contribution in [0.15, 0.2) is 83.8 Å². The minimum atomic E-state index is -0.510. The molecule has 4 rings (SSSR count). The van der Waals surface area contributed by atoms with Crippen molar-refractivity contribution in [2.75, 3.05) is 0 Å². The van der Waals surface area contributed by atoms with Gasteiger partial charge in [0.05, 0.1) is 16.4 Å². The van der Waals surface area contributed by atoms with Crippen LogP contribution in [-0.2, 0) is 17.9 Å². The van der Waals surface area contributed by atoms with Gasteiger partial charge in [-0.05, 0) is 35.0 Å². The zero-order valence-electron chi connectivity index (χ0n) is 16.8. The number of non-ortho nitro benzene ring substituents is 1. The Kier molecular flexibility index (Phi) is 6.32. The number of imide groups is 1. The van der Waals surface area contributed by atoms with E-state index in [9.17, 15) is 19.7 Å². The number of nitrogens with zero attached hydrogens (tertiary/aromatic N) is 2. The maximum absolute atomic E-state index is 12.9. The summed E-state index contributed by atoms with van der Waals surface area (Å²) >= 11 is 0.839. The third-order valence-electron chi connectivity index (χ3n) is 4.78. The van der Waals surface area contributed by atoms with E-state index in [1.165, 1.54) is 18.2 Å². The molecule has 0 saturated carbocycles. The monoisotopic (exact) mass is 446 g/mol. The summed E-state index contributed by atoms with van der Waals surface area (Å²) in [5.74, 6) is 0.159. The second kappa shape index (κ2) is 9.49. The van der Waals surface area contributed by atoms with E-state index in [-0.39, 0.29) is 17.1 Å². The van der Waals surface area contributed by atoms with Crippen LogP contribution in [0.3, 0.4) is 0 Å². The summed E-state index contributed by atoms with van der Waals surface area (Å²) in [5.41, 5.74) is 2.12. The molecular weight excluding hydrogens is 428 g/mol. The first-order chi connectivity index (χ1) is 15.5. The van der Waals surface area contributed by atoms with Gasteiger partial charge < -0.3 is 4.74 Å². The first kappa shape index (κ1) is 21.3. The van der Waals surface area contributed by atoms with Crippen molar-refractivity contribution in [1.82, 2.24) is 4.90 Å². The Bertz CT molecular complexity index is 1210. The van der Waals surface area contributed by atoms with Gasteiger partial charge in [0.25, 0.3) is 16.8 Å². The van der Waals surface area contributed by atoms with Crippen LogP contribution < -0.4 is 4.74 Å². The molecule has 1 aliphatic heterocycles. The van der Waals surface area contributed by atoms with E-state index in [1.54, 1.807) is 12.1 Å². The van der Waals surface area contributed by atoms with Crippen LogP contribution in [0.5, 0.6) is 5.75 Å². The number of amides is 2. The number of thioether (sulfide) groups is 1. The van der Waals surface area contributed by atoms with E-state index in [1.807, 2.05) is 54.6 Å². The molecule has 160 valence electrons. The highest BCUT2D eigenvalue weighted by atomic mass is 32.2. The highest BCUT2D eigenvalue weighted by Gasteiger charge is 2.35. The highest BCUT2D eigenvalue weighted by Crippen LogP contribution is 2.35. The summed E-state index contributed by atoms with van der Waals surface area (Å²) in [7, 11) is 0. The van der Waals surface area contributed by atoms with Crippen molar-refractivity contribution in [2.24, 2.45) is 0 Å². The fourth-order valence-electron chi connectivity index (χ4n) is 3.20. The standard InChI is InChI=1S/C24H18N2O5S/c27-23-22(32-24(28)25(23)15-18-9-6-11-20(13-18)26(29)30)14-19-10-4-5-12-21(19)31-16-17-7-2-1-3-8-17/h1-14H,15-16H2/b22-14+. The molecule has 0 radical (unpaired) electrons. The Morgan fingerprint density at radius 1 is 0.938 bits per heavy atom. The number of hydrogen-bond donors (Lipinski definition) is 0. The van der Waals surface area contributed by atoms with Crippen LogP contribution >= 0.6 is 11.8 Å². The fraction of sp³-hybridized carbons (Fsp3) is 0.0833. The van der Waals surface area contributed by atoms with Crippen LogP contribution in [0.2, 0.25) is 0 Å². The molecule has 3 aromatic rings. The van der Waals surface area contributed by atoms with Gasteiger partial charge in [-0.25, -0.2) is 0 Å². The van der Waals surface area contributed by atoms with Crippen LogP contribution in [0.1, 0.15) is 16.7 Å². The van der Waals surface area contributed by atoms with Crippen molar-refractivity contribution < 1.29 is 19.2 Å². The summed E-state index contributed by atoms with van der Waals surface area (Å²) in [6.07, 6.45) is 1.64. The van der Waals surface area contributed by atoms with Crippen LogP contribution in [0, 0.1) is 10.1 Å². The van der Waals surface area contributed by atoms with Crippen LogP contribution in [0.25, 0.3) is 6.08 Å². The highest BCUT2D eigenvalue weighted by molar-refractivity contribution is 8.18. The van der Waals surface area contributed by atoms with E-state index < -0.39 is 16.1 Å². The van der Waals surface area contributed by atoms with Crippen molar-refractivity contribution in [3.8, 4) is 5.75 Å². The number of nitro benzene ring substituents is 1. The fourth-order valence-corrected chi connectivity index (χ4v) is 4.02. The maximum atomic E-state index is 12.9. The topological polar surface area (TPSA) is 89.8 Å². The third kappa shape index (κ3) is 4.87. The Morgan fingerprint density at radius 2 is 1.66 bits per heavy atom. The Morgan fingerprint density at radius 3 is 2.44 bits per heavy atom. The zero-order valence-corrected chi connectivity index (χ0v) is 17.7. The second-order valence-corrected chi connectivity index (χ2v) is 8.00. The summed E-state index contributed by atoms with van der Waals surface area (Å²) in [5, 5.41) is 10.6. The summed E-state index contributed by atoms with van der Waals surface area (Å²) < 4.78 is 5.93. The smallest absolute Gasteiger partial charge is 0.293 e. The lowest BCUT2D eigenvalue weighted by Crippen LogP contribution is -2.27. The van der Waals surface area contributed by atoms with Gasteiger partial charge in [-0.15, -0.1) is 0 Å². The van der Waals surface area contributed by atoms with Gasteiger partial charge in [0.1, 0.15) is 12.4 Å². The molecule has 1 heterocycles. The van der Waals surface area contributed by atoms with Gasteiger partial charge in [-0.1, -0.05) is 60.7 Å². The number of benzene rings is 3.